The van der Waals surface area contributed by atoms with Gasteiger partial charge in [0.15, 0.2) is 0 Å². The van der Waals surface area contributed by atoms with Crippen LogP contribution in [0.2, 0.25) is 0 Å². The lowest BCUT2D eigenvalue weighted by Crippen LogP contribution is -2.39. The summed E-state index contributed by atoms with van der Waals surface area (Å²) in [6.45, 7) is 6.68. The predicted octanol–water partition coefficient (Wildman–Crippen LogP) is 2.63. The lowest BCUT2D eigenvalue weighted by molar-refractivity contribution is -0.240. The first kappa shape index (κ1) is 17.7. The van der Waals surface area contributed by atoms with Crippen LogP contribution >= 0.6 is 0 Å². The van der Waals surface area contributed by atoms with E-state index in [9.17, 15) is 4.79 Å². The average molecular weight is 323 g/mol. The van der Waals surface area contributed by atoms with Crippen LogP contribution in [0.1, 0.15) is 32.3 Å². The Morgan fingerprint density at radius 1 is 1.26 bits per heavy atom. The standard InChI is InChI=1S/C17H25NO5/c1-17(2,3)14(12-7-5-4-6-8-12)13(23-15(18)19)11-22-16-20-9-10-21-16/h4-8,13-14,16H,9-11H2,1-3H3,(H2,18,19)/t13-,14?/m0/s1. The van der Waals surface area contributed by atoms with Gasteiger partial charge in [-0.25, -0.2) is 4.79 Å². The van der Waals surface area contributed by atoms with Gasteiger partial charge in [0.1, 0.15) is 6.10 Å². The number of carbonyl (C=O) groups is 1. The van der Waals surface area contributed by atoms with E-state index in [4.69, 9.17) is 24.7 Å². The third kappa shape index (κ3) is 5.20. The highest BCUT2D eigenvalue weighted by Crippen LogP contribution is 2.39. The molecule has 0 bridgehead atoms. The maximum atomic E-state index is 11.4. The van der Waals surface area contributed by atoms with Crippen molar-refractivity contribution in [3.63, 3.8) is 0 Å². The molecule has 1 heterocycles. The highest BCUT2D eigenvalue weighted by Gasteiger charge is 2.37. The molecule has 1 unspecified atom stereocenters. The minimum atomic E-state index is -0.822. The molecule has 128 valence electrons. The van der Waals surface area contributed by atoms with Gasteiger partial charge in [-0.05, 0) is 11.0 Å². The molecule has 1 amide bonds. The van der Waals surface area contributed by atoms with Crippen LogP contribution in [0.4, 0.5) is 4.79 Å². The van der Waals surface area contributed by atoms with Crippen LogP contribution in [0.3, 0.4) is 0 Å². The zero-order valence-corrected chi connectivity index (χ0v) is 13.9. The van der Waals surface area contributed by atoms with E-state index in [1.165, 1.54) is 0 Å². The van der Waals surface area contributed by atoms with Crippen LogP contribution in [-0.4, -0.2) is 38.5 Å². The summed E-state index contributed by atoms with van der Waals surface area (Å²) in [7, 11) is 0. The fourth-order valence-electron chi connectivity index (χ4n) is 2.89. The first-order chi connectivity index (χ1) is 10.9. The molecule has 1 aromatic rings. The lowest BCUT2D eigenvalue weighted by atomic mass is 9.73. The molecule has 2 atom stereocenters. The number of rotatable bonds is 6. The predicted molar refractivity (Wildman–Crippen MR) is 84.7 cm³/mol. The van der Waals surface area contributed by atoms with Crippen molar-refractivity contribution in [3.8, 4) is 0 Å². The van der Waals surface area contributed by atoms with E-state index < -0.39 is 18.7 Å². The maximum Gasteiger partial charge on any atom is 0.404 e. The highest BCUT2D eigenvalue weighted by molar-refractivity contribution is 5.65. The topological polar surface area (TPSA) is 80.0 Å². The van der Waals surface area contributed by atoms with Crippen LogP contribution < -0.4 is 5.73 Å². The average Bonchev–Trinajstić information content (AvgIpc) is 2.97. The summed E-state index contributed by atoms with van der Waals surface area (Å²) >= 11 is 0. The van der Waals surface area contributed by atoms with Crippen molar-refractivity contribution >= 4 is 6.09 Å². The second-order valence-corrected chi connectivity index (χ2v) is 6.59. The number of carbonyl (C=O) groups excluding carboxylic acids is 1. The maximum absolute atomic E-state index is 11.4. The van der Waals surface area contributed by atoms with Gasteiger partial charge >= 0.3 is 6.09 Å². The van der Waals surface area contributed by atoms with Gasteiger partial charge in [0, 0.05) is 5.92 Å². The van der Waals surface area contributed by atoms with Crippen molar-refractivity contribution in [1.29, 1.82) is 0 Å². The van der Waals surface area contributed by atoms with Gasteiger partial charge in [0.25, 0.3) is 6.48 Å². The number of hydrogen-bond acceptors (Lipinski definition) is 5. The van der Waals surface area contributed by atoms with Crippen molar-refractivity contribution in [3.05, 3.63) is 35.9 Å². The number of primary amides is 1. The zero-order valence-electron chi connectivity index (χ0n) is 13.9. The Bertz CT molecular complexity index is 493. The Balaban J connectivity index is 2.18. The molecule has 1 aliphatic heterocycles. The van der Waals surface area contributed by atoms with Gasteiger partial charge in [-0.2, -0.15) is 0 Å². The molecular formula is C17H25NO5. The molecule has 2 N–H and O–H groups in total. The normalized spacial score (nSPS) is 18.6. The Morgan fingerprint density at radius 2 is 1.87 bits per heavy atom. The molecule has 1 aliphatic rings. The van der Waals surface area contributed by atoms with Crippen molar-refractivity contribution in [2.75, 3.05) is 19.8 Å². The van der Waals surface area contributed by atoms with Crippen LogP contribution in [0.25, 0.3) is 0 Å². The van der Waals surface area contributed by atoms with Crippen LogP contribution in [0.5, 0.6) is 0 Å². The first-order valence-electron chi connectivity index (χ1n) is 7.74. The van der Waals surface area contributed by atoms with E-state index in [0.29, 0.717) is 13.2 Å². The Labute approximate surface area is 136 Å². The Kier molecular flexibility index (Phi) is 5.98. The van der Waals surface area contributed by atoms with Gasteiger partial charge in [-0.1, -0.05) is 51.1 Å². The molecule has 1 aromatic carbocycles. The highest BCUT2D eigenvalue weighted by atomic mass is 16.9. The molecule has 0 spiro atoms. The lowest BCUT2D eigenvalue weighted by Gasteiger charge is -2.36. The van der Waals surface area contributed by atoms with E-state index in [1.807, 2.05) is 30.3 Å². The van der Waals surface area contributed by atoms with E-state index >= 15 is 0 Å². The van der Waals surface area contributed by atoms with Gasteiger partial charge in [-0.15, -0.1) is 0 Å². The third-order valence-corrected chi connectivity index (χ3v) is 3.72. The smallest absolute Gasteiger partial charge is 0.404 e. The van der Waals surface area contributed by atoms with Crippen LogP contribution in [-0.2, 0) is 18.9 Å². The monoisotopic (exact) mass is 323 g/mol. The number of nitrogens with two attached hydrogens (primary N) is 1. The van der Waals surface area contributed by atoms with Gasteiger partial charge in [0.05, 0.1) is 19.8 Å². The summed E-state index contributed by atoms with van der Waals surface area (Å²) in [5.41, 5.74) is 6.15. The number of hydrogen-bond donors (Lipinski definition) is 1. The molecule has 0 radical (unpaired) electrons. The summed E-state index contributed by atoms with van der Waals surface area (Å²) in [5, 5.41) is 0. The van der Waals surface area contributed by atoms with Gasteiger partial charge in [0.2, 0.25) is 0 Å². The van der Waals surface area contributed by atoms with E-state index in [1.54, 1.807) is 0 Å². The van der Waals surface area contributed by atoms with E-state index in [2.05, 4.69) is 20.8 Å². The molecule has 1 fully saturated rings. The number of benzene rings is 1. The van der Waals surface area contributed by atoms with E-state index in [-0.39, 0.29) is 17.9 Å². The quantitative estimate of drug-likeness (QED) is 0.870. The van der Waals surface area contributed by atoms with Crippen molar-refractivity contribution in [1.82, 2.24) is 0 Å². The first-order valence-corrected chi connectivity index (χ1v) is 7.74. The van der Waals surface area contributed by atoms with Crippen LogP contribution in [0, 0.1) is 5.41 Å². The Morgan fingerprint density at radius 3 is 2.39 bits per heavy atom. The number of ether oxygens (including phenoxy) is 4. The summed E-state index contributed by atoms with van der Waals surface area (Å²) in [6, 6.07) is 9.88. The van der Waals surface area contributed by atoms with Crippen molar-refractivity contribution in [2.45, 2.75) is 39.3 Å². The summed E-state index contributed by atoms with van der Waals surface area (Å²) in [5.74, 6) is -0.0856. The van der Waals surface area contributed by atoms with Crippen LogP contribution in [0.15, 0.2) is 30.3 Å². The fourth-order valence-corrected chi connectivity index (χ4v) is 2.89. The zero-order chi connectivity index (χ0) is 16.9. The fraction of sp³-hybridized carbons (Fsp3) is 0.588. The Hall–Kier alpha value is -1.63. The van der Waals surface area contributed by atoms with Gasteiger partial charge in [-0.3, -0.25) is 0 Å². The van der Waals surface area contributed by atoms with Gasteiger partial charge < -0.3 is 24.7 Å². The van der Waals surface area contributed by atoms with Crippen molar-refractivity contribution in [2.24, 2.45) is 11.1 Å². The molecule has 0 aliphatic carbocycles. The van der Waals surface area contributed by atoms with Crippen molar-refractivity contribution < 1.29 is 23.7 Å². The SMILES string of the molecule is CC(C)(C)C(c1ccccc1)[C@H](COC1OCCO1)OC(N)=O. The molecule has 1 saturated heterocycles. The molecule has 0 aromatic heterocycles. The molecule has 2 rings (SSSR count). The second kappa shape index (κ2) is 7.77. The molecule has 0 saturated carbocycles. The largest absolute Gasteiger partial charge is 0.443 e. The molecular weight excluding hydrogens is 298 g/mol. The molecule has 6 nitrogen and oxygen atoms in total. The minimum Gasteiger partial charge on any atom is -0.443 e. The third-order valence-electron chi connectivity index (χ3n) is 3.72. The summed E-state index contributed by atoms with van der Waals surface area (Å²) in [6.07, 6.45) is -1.36. The molecule has 6 heteroatoms. The summed E-state index contributed by atoms with van der Waals surface area (Å²) in [4.78, 5) is 11.4. The van der Waals surface area contributed by atoms with E-state index in [0.717, 1.165) is 5.56 Å². The number of amides is 1. The second-order valence-electron chi connectivity index (χ2n) is 6.59. The minimum absolute atomic E-state index is 0.0856. The molecule has 23 heavy (non-hydrogen) atoms. The summed E-state index contributed by atoms with van der Waals surface area (Å²) < 4.78 is 21.5.